The summed E-state index contributed by atoms with van der Waals surface area (Å²) in [5.41, 5.74) is 1.22. The Morgan fingerprint density at radius 1 is 1.07 bits per heavy atom. The first kappa shape index (κ1) is 18.6. The smallest absolute Gasteiger partial charge is 0.338 e. The summed E-state index contributed by atoms with van der Waals surface area (Å²) in [5.74, 6) is -0.429. The van der Waals surface area contributed by atoms with E-state index in [1.807, 2.05) is 24.3 Å². The van der Waals surface area contributed by atoms with Gasteiger partial charge in [0.05, 0.1) is 28.5 Å². The molecule has 0 N–H and O–H groups in total. The van der Waals surface area contributed by atoms with Crippen molar-refractivity contribution < 1.29 is 18.0 Å². The number of para-hydroxylation sites is 2. The summed E-state index contributed by atoms with van der Waals surface area (Å²) in [4.78, 5) is 22.1. The number of hydrogen-bond donors (Lipinski definition) is 0. The lowest BCUT2D eigenvalue weighted by molar-refractivity contribution is -0.139. The Hall–Kier alpha value is -3.22. The molecule has 2 aromatic carbocycles. The number of nitrogens with zero attached hydrogens (tertiary/aromatic N) is 3. The Morgan fingerprint density at radius 3 is 2.48 bits per heavy atom. The fourth-order valence-electron chi connectivity index (χ4n) is 2.60. The fourth-order valence-corrected chi connectivity index (χ4v) is 2.60. The van der Waals surface area contributed by atoms with Crippen molar-refractivity contribution in [2.45, 2.75) is 12.7 Å². The Labute approximate surface area is 154 Å². The molecular formula is C20H16F3N3O. The predicted octanol–water partition coefficient (Wildman–Crippen LogP) is 4.32. The van der Waals surface area contributed by atoms with E-state index in [1.165, 1.54) is 48.5 Å². The van der Waals surface area contributed by atoms with Crippen LogP contribution in [0.25, 0.3) is 17.1 Å². The van der Waals surface area contributed by atoms with E-state index in [0.29, 0.717) is 11.2 Å². The van der Waals surface area contributed by atoms with Crippen LogP contribution in [0.15, 0.2) is 60.8 Å². The van der Waals surface area contributed by atoms with Gasteiger partial charge in [0.2, 0.25) is 5.91 Å². The number of benzene rings is 2. The Kier molecular flexibility index (Phi) is 5.21. The lowest BCUT2D eigenvalue weighted by Gasteiger charge is -2.19. The fraction of sp³-hybridized carbons (Fsp3) is 0.150. The molecule has 7 heteroatoms. The summed E-state index contributed by atoms with van der Waals surface area (Å²) in [6.45, 7) is -0.151. The minimum atomic E-state index is -4.46. The molecule has 4 nitrogen and oxygen atoms in total. The first-order chi connectivity index (χ1) is 12.8. The Bertz CT molecular complexity index is 999. The molecule has 138 valence electrons. The lowest BCUT2D eigenvalue weighted by atomic mass is 10.1. The zero-order valence-electron chi connectivity index (χ0n) is 14.4. The number of amides is 1. The Balaban J connectivity index is 1.73. The molecule has 0 fully saturated rings. The number of halogens is 3. The molecule has 0 saturated carbocycles. The van der Waals surface area contributed by atoms with E-state index in [4.69, 9.17) is 0 Å². The molecule has 0 unspecified atom stereocenters. The van der Waals surface area contributed by atoms with Crippen LogP contribution in [0.5, 0.6) is 0 Å². The van der Waals surface area contributed by atoms with Gasteiger partial charge in [-0.1, -0.05) is 30.3 Å². The quantitative estimate of drug-likeness (QED) is 0.642. The van der Waals surface area contributed by atoms with Gasteiger partial charge in [-0.3, -0.25) is 9.78 Å². The van der Waals surface area contributed by atoms with E-state index in [1.54, 1.807) is 0 Å². The molecule has 0 spiro atoms. The van der Waals surface area contributed by atoms with Gasteiger partial charge in [0, 0.05) is 19.7 Å². The van der Waals surface area contributed by atoms with Crippen LogP contribution in [-0.2, 0) is 17.5 Å². The van der Waals surface area contributed by atoms with Crippen molar-refractivity contribution >= 4 is 23.0 Å². The van der Waals surface area contributed by atoms with E-state index in [-0.39, 0.29) is 12.1 Å². The van der Waals surface area contributed by atoms with Crippen LogP contribution in [0.2, 0.25) is 0 Å². The maximum atomic E-state index is 13.1. The highest BCUT2D eigenvalue weighted by molar-refractivity contribution is 5.91. The van der Waals surface area contributed by atoms with Gasteiger partial charge in [0.15, 0.2) is 0 Å². The van der Waals surface area contributed by atoms with Crippen LogP contribution in [-0.4, -0.2) is 27.8 Å². The number of likely N-dealkylation sites (N-methyl/N-ethyl adjacent to an activating group) is 1. The zero-order valence-corrected chi connectivity index (χ0v) is 14.4. The minimum absolute atomic E-state index is 0.0414. The van der Waals surface area contributed by atoms with E-state index < -0.39 is 17.6 Å². The van der Waals surface area contributed by atoms with Crippen molar-refractivity contribution in [1.82, 2.24) is 14.9 Å². The maximum Gasteiger partial charge on any atom is 0.416 e. The molecule has 0 aliphatic rings. The van der Waals surface area contributed by atoms with E-state index in [2.05, 4.69) is 9.97 Å². The lowest BCUT2D eigenvalue weighted by Crippen LogP contribution is -2.25. The molecule has 1 heterocycles. The predicted molar refractivity (Wildman–Crippen MR) is 96.5 cm³/mol. The average molecular weight is 371 g/mol. The summed E-state index contributed by atoms with van der Waals surface area (Å²) >= 11 is 0. The monoisotopic (exact) mass is 371 g/mol. The van der Waals surface area contributed by atoms with Crippen molar-refractivity contribution in [1.29, 1.82) is 0 Å². The molecule has 1 amide bonds. The van der Waals surface area contributed by atoms with Crippen molar-refractivity contribution in [3.8, 4) is 0 Å². The molecule has 0 aliphatic heterocycles. The zero-order chi connectivity index (χ0) is 19.4. The van der Waals surface area contributed by atoms with Gasteiger partial charge < -0.3 is 4.90 Å². The van der Waals surface area contributed by atoms with Crippen LogP contribution < -0.4 is 0 Å². The number of fused-ring (bicyclic) bond motifs is 1. The second-order valence-electron chi connectivity index (χ2n) is 5.97. The van der Waals surface area contributed by atoms with Crippen LogP contribution in [0.1, 0.15) is 16.8 Å². The van der Waals surface area contributed by atoms with Crippen LogP contribution >= 0.6 is 0 Å². The van der Waals surface area contributed by atoms with Gasteiger partial charge in [-0.15, -0.1) is 0 Å². The first-order valence-corrected chi connectivity index (χ1v) is 8.14. The highest BCUT2D eigenvalue weighted by Crippen LogP contribution is 2.32. The molecule has 0 aliphatic carbocycles. The molecule has 27 heavy (non-hydrogen) atoms. The van der Waals surface area contributed by atoms with Crippen molar-refractivity contribution in [3.63, 3.8) is 0 Å². The average Bonchev–Trinajstić information content (AvgIpc) is 2.65. The first-order valence-electron chi connectivity index (χ1n) is 8.14. The SMILES string of the molecule is CN(Cc1ccccc1C(F)(F)F)C(=O)/C=C/c1cnc2ccccc2n1. The second kappa shape index (κ2) is 7.57. The summed E-state index contributed by atoms with van der Waals surface area (Å²) in [6.07, 6.45) is -0.162. The van der Waals surface area contributed by atoms with Crippen molar-refractivity contribution in [2.24, 2.45) is 0 Å². The number of hydrogen-bond acceptors (Lipinski definition) is 3. The van der Waals surface area contributed by atoms with Gasteiger partial charge in [-0.2, -0.15) is 13.2 Å². The maximum absolute atomic E-state index is 13.1. The third kappa shape index (κ3) is 4.49. The molecule has 1 aromatic heterocycles. The van der Waals surface area contributed by atoms with Gasteiger partial charge >= 0.3 is 6.18 Å². The number of rotatable bonds is 4. The summed E-state index contributed by atoms with van der Waals surface area (Å²) in [7, 11) is 1.45. The third-order valence-corrected chi connectivity index (χ3v) is 3.97. The van der Waals surface area contributed by atoms with Gasteiger partial charge in [-0.25, -0.2) is 4.98 Å². The highest BCUT2D eigenvalue weighted by atomic mass is 19.4. The van der Waals surface area contributed by atoms with Crippen LogP contribution in [0.3, 0.4) is 0 Å². The minimum Gasteiger partial charge on any atom is -0.338 e. The van der Waals surface area contributed by atoms with E-state index in [0.717, 1.165) is 11.6 Å². The molecule has 0 atom stereocenters. The number of carbonyl (C=O) groups excluding carboxylic acids is 1. The molecule has 3 aromatic rings. The highest BCUT2D eigenvalue weighted by Gasteiger charge is 2.33. The molecule has 0 bridgehead atoms. The largest absolute Gasteiger partial charge is 0.416 e. The summed E-state index contributed by atoms with van der Waals surface area (Å²) < 4.78 is 39.2. The van der Waals surface area contributed by atoms with Gasteiger partial charge in [0.25, 0.3) is 0 Å². The van der Waals surface area contributed by atoms with E-state index in [9.17, 15) is 18.0 Å². The third-order valence-electron chi connectivity index (χ3n) is 3.97. The van der Waals surface area contributed by atoms with E-state index >= 15 is 0 Å². The van der Waals surface area contributed by atoms with Gasteiger partial charge in [-0.05, 0) is 29.8 Å². The number of carbonyl (C=O) groups is 1. The molecule has 0 radical (unpaired) electrons. The van der Waals surface area contributed by atoms with Crippen molar-refractivity contribution in [2.75, 3.05) is 7.05 Å². The van der Waals surface area contributed by atoms with Crippen LogP contribution in [0.4, 0.5) is 13.2 Å². The second-order valence-corrected chi connectivity index (χ2v) is 5.97. The summed E-state index contributed by atoms with van der Waals surface area (Å²) in [5, 5.41) is 0. The topological polar surface area (TPSA) is 46.1 Å². The standard InChI is InChI=1S/C20H16F3N3O/c1-26(13-14-6-2-3-7-16(14)20(21,22)23)19(27)11-10-15-12-24-17-8-4-5-9-18(17)25-15/h2-12H,13H2,1H3/b11-10+. The number of aromatic nitrogens is 2. The molecule has 3 rings (SSSR count). The molecular weight excluding hydrogens is 355 g/mol. The summed E-state index contributed by atoms with van der Waals surface area (Å²) in [6, 6.07) is 12.5. The number of alkyl halides is 3. The Morgan fingerprint density at radius 2 is 1.74 bits per heavy atom. The normalized spacial score (nSPS) is 11.9. The van der Waals surface area contributed by atoms with Crippen molar-refractivity contribution in [3.05, 3.63) is 77.6 Å². The van der Waals surface area contributed by atoms with Crippen LogP contribution in [0, 0.1) is 0 Å². The molecule has 0 saturated heterocycles. The van der Waals surface area contributed by atoms with Gasteiger partial charge in [0.1, 0.15) is 0 Å².